The van der Waals surface area contributed by atoms with Crippen LogP contribution in [0.3, 0.4) is 0 Å². The van der Waals surface area contributed by atoms with Gasteiger partial charge in [0.15, 0.2) is 6.04 Å². The second-order valence-electron chi connectivity index (χ2n) is 5.79. The van der Waals surface area contributed by atoms with E-state index in [0.717, 1.165) is 16.2 Å². The lowest BCUT2D eigenvalue weighted by molar-refractivity contribution is -0.907. The Morgan fingerprint density at radius 1 is 1.21 bits per heavy atom. The zero-order valence-electron chi connectivity index (χ0n) is 14.3. The zero-order valence-corrected chi connectivity index (χ0v) is 14.3. The number of carbonyl (C=O) groups is 1. The third kappa shape index (κ3) is 4.80. The van der Waals surface area contributed by atoms with Gasteiger partial charge in [0.2, 0.25) is 0 Å². The average Bonchev–Trinajstić information content (AvgIpc) is 2.58. The summed E-state index contributed by atoms with van der Waals surface area (Å²) in [5.41, 5.74) is 1.32. The van der Waals surface area contributed by atoms with Crippen LogP contribution in [-0.2, 0) is 11.3 Å². The fraction of sp³-hybridized carbons (Fsp3) is 0.316. The molecule has 0 heterocycles. The largest absolute Gasteiger partial charge is 0.494 e. The molecule has 1 amide bonds. The summed E-state index contributed by atoms with van der Waals surface area (Å²) in [6.45, 7) is 5.11. The van der Waals surface area contributed by atoms with Crippen LogP contribution in [0.1, 0.15) is 19.4 Å². The summed E-state index contributed by atoms with van der Waals surface area (Å²) in [5, 5.41) is 2.65. The van der Waals surface area contributed by atoms with Crippen LogP contribution in [0.25, 0.3) is 0 Å². The van der Waals surface area contributed by atoms with Crippen LogP contribution in [0.5, 0.6) is 5.75 Å². The SMILES string of the molecule is CCOc1ccc(C[NH+](C)[C@H](C)C(=O)Nc2ccccc2F)cc1. The highest BCUT2D eigenvalue weighted by atomic mass is 19.1. The van der Waals surface area contributed by atoms with Gasteiger partial charge in [-0.15, -0.1) is 0 Å². The number of hydrogen-bond acceptors (Lipinski definition) is 2. The zero-order chi connectivity index (χ0) is 17.5. The van der Waals surface area contributed by atoms with Gasteiger partial charge >= 0.3 is 0 Å². The number of nitrogens with one attached hydrogen (secondary N) is 2. The van der Waals surface area contributed by atoms with E-state index in [-0.39, 0.29) is 17.6 Å². The van der Waals surface area contributed by atoms with Gasteiger partial charge in [0.25, 0.3) is 5.91 Å². The van der Waals surface area contributed by atoms with Gasteiger partial charge in [-0.05, 0) is 50.2 Å². The van der Waals surface area contributed by atoms with Crippen LogP contribution in [0.15, 0.2) is 48.5 Å². The first kappa shape index (κ1) is 17.9. The summed E-state index contributed by atoms with van der Waals surface area (Å²) in [6.07, 6.45) is 0. The van der Waals surface area contributed by atoms with E-state index < -0.39 is 5.82 Å². The van der Waals surface area contributed by atoms with Crippen LogP contribution in [0, 0.1) is 5.82 Å². The van der Waals surface area contributed by atoms with Gasteiger partial charge in [-0.25, -0.2) is 4.39 Å². The lowest BCUT2D eigenvalue weighted by Gasteiger charge is -2.21. The molecule has 1 unspecified atom stereocenters. The first-order chi connectivity index (χ1) is 11.5. The number of carbonyl (C=O) groups excluding carboxylic acids is 1. The Bertz CT molecular complexity index is 673. The van der Waals surface area contributed by atoms with E-state index >= 15 is 0 Å². The topological polar surface area (TPSA) is 42.8 Å². The van der Waals surface area contributed by atoms with Crippen LogP contribution in [-0.4, -0.2) is 25.6 Å². The van der Waals surface area contributed by atoms with Crippen molar-refractivity contribution in [1.29, 1.82) is 0 Å². The Hall–Kier alpha value is -2.40. The van der Waals surface area contributed by atoms with Crippen LogP contribution in [0.4, 0.5) is 10.1 Å². The number of ether oxygens (including phenoxy) is 1. The van der Waals surface area contributed by atoms with E-state index in [9.17, 15) is 9.18 Å². The maximum absolute atomic E-state index is 13.6. The Morgan fingerprint density at radius 3 is 2.50 bits per heavy atom. The number of para-hydroxylation sites is 1. The van der Waals surface area contributed by atoms with E-state index in [1.807, 2.05) is 45.2 Å². The summed E-state index contributed by atoms with van der Waals surface area (Å²) in [7, 11) is 1.95. The Kier molecular flexibility index (Phi) is 6.32. The normalized spacial score (nSPS) is 13.2. The maximum Gasteiger partial charge on any atom is 0.282 e. The number of rotatable bonds is 7. The monoisotopic (exact) mass is 331 g/mol. The minimum Gasteiger partial charge on any atom is -0.494 e. The van der Waals surface area contributed by atoms with Crippen molar-refractivity contribution in [2.45, 2.75) is 26.4 Å². The predicted octanol–water partition coefficient (Wildman–Crippen LogP) is 2.27. The van der Waals surface area contributed by atoms with Crippen molar-refractivity contribution in [3.8, 4) is 5.75 Å². The fourth-order valence-electron chi connectivity index (χ4n) is 2.37. The molecule has 0 bridgehead atoms. The summed E-state index contributed by atoms with van der Waals surface area (Å²) in [6, 6.07) is 13.7. The molecule has 2 aromatic rings. The highest BCUT2D eigenvalue weighted by Crippen LogP contribution is 2.13. The number of hydrogen-bond donors (Lipinski definition) is 2. The van der Waals surface area contributed by atoms with Crippen LogP contribution < -0.4 is 15.0 Å². The van der Waals surface area contributed by atoms with Gasteiger partial charge in [-0.2, -0.15) is 0 Å². The summed E-state index contributed by atoms with van der Waals surface area (Å²) in [4.78, 5) is 13.3. The third-order valence-corrected chi connectivity index (χ3v) is 3.98. The molecule has 0 saturated heterocycles. The fourth-order valence-corrected chi connectivity index (χ4v) is 2.37. The molecule has 0 aliphatic heterocycles. The first-order valence-electron chi connectivity index (χ1n) is 8.10. The molecule has 0 aromatic heterocycles. The smallest absolute Gasteiger partial charge is 0.282 e. The van der Waals surface area contributed by atoms with Gasteiger partial charge in [0.1, 0.15) is 18.1 Å². The van der Waals surface area contributed by atoms with E-state index in [4.69, 9.17) is 4.74 Å². The van der Waals surface area contributed by atoms with Crippen molar-refractivity contribution in [1.82, 2.24) is 0 Å². The number of quaternary nitrogens is 1. The molecular weight excluding hydrogens is 307 g/mol. The number of benzene rings is 2. The van der Waals surface area contributed by atoms with Crippen molar-refractivity contribution in [2.24, 2.45) is 0 Å². The van der Waals surface area contributed by atoms with Gasteiger partial charge < -0.3 is 15.0 Å². The van der Waals surface area contributed by atoms with Gasteiger partial charge in [-0.1, -0.05) is 12.1 Å². The van der Waals surface area contributed by atoms with Crippen molar-refractivity contribution in [3.05, 3.63) is 59.9 Å². The molecule has 24 heavy (non-hydrogen) atoms. The Morgan fingerprint density at radius 2 is 1.88 bits per heavy atom. The molecule has 0 radical (unpaired) electrons. The Balaban J connectivity index is 1.94. The summed E-state index contributed by atoms with van der Waals surface area (Å²) < 4.78 is 19.1. The molecule has 2 aromatic carbocycles. The summed E-state index contributed by atoms with van der Waals surface area (Å²) >= 11 is 0. The first-order valence-corrected chi connectivity index (χ1v) is 8.10. The molecule has 4 nitrogen and oxygen atoms in total. The van der Waals surface area contributed by atoms with Crippen LogP contribution >= 0.6 is 0 Å². The number of anilines is 1. The third-order valence-electron chi connectivity index (χ3n) is 3.98. The molecule has 2 N–H and O–H groups in total. The van der Waals surface area contributed by atoms with E-state index in [0.29, 0.717) is 13.2 Å². The van der Waals surface area contributed by atoms with E-state index in [2.05, 4.69) is 5.32 Å². The molecule has 2 rings (SSSR count). The number of amides is 1. The molecule has 0 aliphatic rings. The quantitative estimate of drug-likeness (QED) is 0.817. The van der Waals surface area contributed by atoms with Crippen molar-refractivity contribution >= 4 is 11.6 Å². The predicted molar refractivity (Wildman–Crippen MR) is 92.7 cm³/mol. The number of likely N-dealkylation sites (N-methyl/N-ethyl adjacent to an activating group) is 1. The van der Waals surface area contributed by atoms with Gasteiger partial charge in [0.05, 0.1) is 19.3 Å². The second-order valence-corrected chi connectivity index (χ2v) is 5.79. The van der Waals surface area contributed by atoms with Crippen LogP contribution in [0.2, 0.25) is 0 Å². The molecule has 0 saturated carbocycles. The highest BCUT2D eigenvalue weighted by molar-refractivity contribution is 5.93. The standard InChI is InChI=1S/C19H23FN2O2/c1-4-24-16-11-9-15(10-12-16)13-22(3)14(2)19(23)21-18-8-6-5-7-17(18)20/h5-12,14H,4,13H2,1-3H3,(H,21,23)/p+1/t14-/m1/s1. The minimum absolute atomic E-state index is 0.205. The molecule has 0 fully saturated rings. The highest BCUT2D eigenvalue weighted by Gasteiger charge is 2.22. The molecule has 0 spiro atoms. The molecule has 2 atom stereocenters. The molecule has 5 heteroatoms. The van der Waals surface area contributed by atoms with Crippen molar-refractivity contribution in [3.63, 3.8) is 0 Å². The number of halogens is 1. The molecule has 0 aliphatic carbocycles. The van der Waals surface area contributed by atoms with Crippen molar-refractivity contribution < 1.29 is 18.8 Å². The van der Waals surface area contributed by atoms with Gasteiger partial charge in [-0.3, -0.25) is 4.79 Å². The molecular formula is C19H24FN2O2+. The van der Waals surface area contributed by atoms with Gasteiger partial charge in [0, 0.05) is 5.56 Å². The second kappa shape index (κ2) is 8.45. The Labute approximate surface area is 142 Å². The van der Waals surface area contributed by atoms with E-state index in [1.54, 1.807) is 18.2 Å². The lowest BCUT2D eigenvalue weighted by atomic mass is 10.1. The average molecular weight is 331 g/mol. The minimum atomic E-state index is -0.429. The maximum atomic E-state index is 13.6. The van der Waals surface area contributed by atoms with E-state index in [1.165, 1.54) is 6.07 Å². The molecule has 128 valence electrons. The lowest BCUT2D eigenvalue weighted by Crippen LogP contribution is -3.12. The summed E-state index contributed by atoms with van der Waals surface area (Å²) in [5.74, 6) is 0.204. The van der Waals surface area contributed by atoms with Crippen molar-refractivity contribution in [2.75, 3.05) is 19.0 Å².